The maximum Gasteiger partial charge on any atom is 0.232 e. The van der Waals surface area contributed by atoms with Crippen LogP contribution in [0.2, 0.25) is 0 Å². The summed E-state index contributed by atoms with van der Waals surface area (Å²) in [5, 5.41) is 12.7. The molecule has 2 aromatic heterocycles. The number of anilines is 3. The highest BCUT2D eigenvalue weighted by Crippen LogP contribution is 2.26. The van der Waals surface area contributed by atoms with E-state index in [0.29, 0.717) is 17.5 Å². The fraction of sp³-hybridized carbons (Fsp3) is 0.227. The minimum Gasteiger partial charge on any atom is -0.368 e. The standard InChI is InChI=1S/C22H24N8S/c1-4-15-9-5-6-11-17(15)24-21-26-18(25-20(23)27-21)13-31-22-29-28-19(30(22)3)16-10-7-8-14(2)12-16/h5-12H,4,13H2,1-3H3,(H3,23,24,25,26,27). The lowest BCUT2D eigenvalue weighted by Gasteiger charge is -2.10. The van der Waals surface area contributed by atoms with Gasteiger partial charge >= 0.3 is 0 Å². The molecule has 0 amide bonds. The van der Waals surface area contributed by atoms with Gasteiger partial charge in [-0.3, -0.25) is 0 Å². The fourth-order valence-electron chi connectivity index (χ4n) is 3.23. The molecule has 0 atom stereocenters. The first-order valence-electron chi connectivity index (χ1n) is 9.98. The maximum absolute atomic E-state index is 5.93. The van der Waals surface area contributed by atoms with Crippen LogP contribution in [-0.2, 0) is 19.2 Å². The molecule has 31 heavy (non-hydrogen) atoms. The van der Waals surface area contributed by atoms with Crippen LogP contribution < -0.4 is 11.1 Å². The topological polar surface area (TPSA) is 107 Å². The quantitative estimate of drug-likeness (QED) is 0.419. The lowest BCUT2D eigenvalue weighted by molar-refractivity contribution is 0.792. The highest BCUT2D eigenvalue weighted by molar-refractivity contribution is 7.98. The van der Waals surface area contributed by atoms with Crippen molar-refractivity contribution in [1.29, 1.82) is 0 Å². The van der Waals surface area contributed by atoms with Crippen LogP contribution in [0.15, 0.2) is 53.7 Å². The number of hydrogen-bond donors (Lipinski definition) is 2. The zero-order chi connectivity index (χ0) is 21.8. The molecule has 0 fully saturated rings. The van der Waals surface area contributed by atoms with Gasteiger partial charge in [0.15, 0.2) is 11.0 Å². The van der Waals surface area contributed by atoms with Gasteiger partial charge in [0, 0.05) is 18.3 Å². The molecule has 2 aromatic carbocycles. The molecule has 0 bridgehead atoms. The molecule has 8 nitrogen and oxygen atoms in total. The largest absolute Gasteiger partial charge is 0.368 e. The summed E-state index contributed by atoms with van der Waals surface area (Å²) >= 11 is 1.50. The van der Waals surface area contributed by atoms with E-state index in [0.717, 1.165) is 28.7 Å². The van der Waals surface area contributed by atoms with Gasteiger partial charge in [-0.15, -0.1) is 10.2 Å². The Morgan fingerprint density at radius 1 is 1.03 bits per heavy atom. The average Bonchev–Trinajstić information content (AvgIpc) is 3.12. The second kappa shape index (κ2) is 9.13. The number of hydrogen-bond acceptors (Lipinski definition) is 8. The Balaban J connectivity index is 1.51. The van der Waals surface area contributed by atoms with Crippen LogP contribution in [0.4, 0.5) is 17.6 Å². The van der Waals surface area contributed by atoms with Crippen LogP contribution in [0.1, 0.15) is 23.9 Å². The van der Waals surface area contributed by atoms with Gasteiger partial charge in [0.25, 0.3) is 0 Å². The van der Waals surface area contributed by atoms with Gasteiger partial charge in [0.2, 0.25) is 11.9 Å². The summed E-state index contributed by atoms with van der Waals surface area (Å²) in [4.78, 5) is 13.0. The zero-order valence-electron chi connectivity index (χ0n) is 17.7. The Morgan fingerprint density at radius 2 is 1.87 bits per heavy atom. The van der Waals surface area contributed by atoms with E-state index < -0.39 is 0 Å². The van der Waals surface area contributed by atoms with Crippen molar-refractivity contribution in [2.45, 2.75) is 31.2 Å². The highest BCUT2D eigenvalue weighted by Gasteiger charge is 2.13. The summed E-state index contributed by atoms with van der Waals surface area (Å²) < 4.78 is 1.97. The molecule has 0 aliphatic carbocycles. The number of nitrogens with one attached hydrogen (secondary N) is 1. The molecule has 2 heterocycles. The smallest absolute Gasteiger partial charge is 0.232 e. The predicted molar refractivity (Wildman–Crippen MR) is 124 cm³/mol. The van der Waals surface area contributed by atoms with E-state index >= 15 is 0 Å². The molecule has 4 aromatic rings. The summed E-state index contributed by atoms with van der Waals surface area (Å²) in [6, 6.07) is 16.3. The van der Waals surface area contributed by atoms with Crippen molar-refractivity contribution in [2.24, 2.45) is 7.05 Å². The third-order valence-electron chi connectivity index (χ3n) is 4.79. The summed E-state index contributed by atoms with van der Waals surface area (Å²) in [5.74, 6) is 2.51. The van der Waals surface area contributed by atoms with E-state index in [9.17, 15) is 0 Å². The molecule has 158 valence electrons. The van der Waals surface area contributed by atoms with E-state index in [4.69, 9.17) is 5.73 Å². The second-order valence-corrected chi connectivity index (χ2v) is 8.03. The number of thioether (sulfide) groups is 1. The van der Waals surface area contributed by atoms with Gasteiger partial charge in [-0.1, -0.05) is 60.6 Å². The number of nitrogen functional groups attached to an aromatic ring is 1. The van der Waals surface area contributed by atoms with Gasteiger partial charge in [-0.25, -0.2) is 0 Å². The van der Waals surface area contributed by atoms with Crippen molar-refractivity contribution in [2.75, 3.05) is 11.1 Å². The van der Waals surface area contributed by atoms with Crippen molar-refractivity contribution >= 4 is 29.3 Å². The Labute approximate surface area is 185 Å². The van der Waals surface area contributed by atoms with Crippen LogP contribution in [0.3, 0.4) is 0 Å². The van der Waals surface area contributed by atoms with Gasteiger partial charge in [0.1, 0.15) is 5.82 Å². The SMILES string of the molecule is CCc1ccccc1Nc1nc(N)nc(CSc2nnc(-c3cccc(C)c3)n2C)n1. The van der Waals surface area contributed by atoms with Crippen molar-refractivity contribution in [3.63, 3.8) is 0 Å². The summed E-state index contributed by atoms with van der Waals surface area (Å²) in [6.45, 7) is 4.17. The van der Waals surface area contributed by atoms with Crippen LogP contribution in [-0.4, -0.2) is 29.7 Å². The number of para-hydroxylation sites is 1. The molecule has 3 N–H and O–H groups in total. The Bertz CT molecular complexity index is 1200. The third kappa shape index (κ3) is 4.83. The van der Waals surface area contributed by atoms with Crippen LogP contribution in [0.5, 0.6) is 0 Å². The minimum absolute atomic E-state index is 0.181. The van der Waals surface area contributed by atoms with Gasteiger partial charge in [-0.2, -0.15) is 15.0 Å². The molecule has 0 aliphatic rings. The molecule has 9 heteroatoms. The van der Waals surface area contributed by atoms with Crippen molar-refractivity contribution in [1.82, 2.24) is 29.7 Å². The fourth-order valence-corrected chi connectivity index (χ4v) is 4.00. The molecule has 0 radical (unpaired) electrons. The molecule has 0 spiro atoms. The van der Waals surface area contributed by atoms with E-state index in [1.54, 1.807) is 0 Å². The Hall–Kier alpha value is -3.46. The number of rotatable bonds is 7. The first-order chi connectivity index (χ1) is 15.0. The van der Waals surface area contributed by atoms with E-state index in [2.05, 4.69) is 62.5 Å². The molecule has 4 rings (SSSR count). The Morgan fingerprint density at radius 3 is 2.68 bits per heavy atom. The van der Waals surface area contributed by atoms with Gasteiger partial charge < -0.3 is 15.6 Å². The van der Waals surface area contributed by atoms with Crippen molar-refractivity contribution in [3.05, 3.63) is 65.5 Å². The highest BCUT2D eigenvalue weighted by atomic mass is 32.2. The van der Waals surface area contributed by atoms with E-state index in [-0.39, 0.29) is 5.95 Å². The number of aryl methyl sites for hydroxylation is 2. The van der Waals surface area contributed by atoms with Crippen molar-refractivity contribution < 1.29 is 0 Å². The number of nitrogens with two attached hydrogens (primary N) is 1. The molecule has 0 aliphatic heterocycles. The molecular weight excluding hydrogens is 408 g/mol. The van der Waals surface area contributed by atoms with Crippen molar-refractivity contribution in [3.8, 4) is 11.4 Å². The second-order valence-electron chi connectivity index (χ2n) is 7.09. The predicted octanol–water partition coefficient (Wildman–Crippen LogP) is 4.16. The summed E-state index contributed by atoms with van der Waals surface area (Å²) in [5.41, 5.74) is 10.3. The number of benzene rings is 2. The number of aromatic nitrogens is 6. The average molecular weight is 433 g/mol. The first kappa shape index (κ1) is 20.8. The summed E-state index contributed by atoms with van der Waals surface area (Å²) in [7, 11) is 1.95. The molecule has 0 unspecified atom stereocenters. The van der Waals surface area contributed by atoms with E-state index in [1.807, 2.05) is 41.9 Å². The number of nitrogens with zero attached hydrogens (tertiary/aromatic N) is 6. The monoisotopic (exact) mass is 432 g/mol. The molecular formula is C22H24N8S. The van der Waals surface area contributed by atoms with Crippen LogP contribution in [0.25, 0.3) is 11.4 Å². The third-order valence-corrected chi connectivity index (χ3v) is 5.80. The lowest BCUT2D eigenvalue weighted by atomic mass is 10.1. The molecule has 0 saturated heterocycles. The maximum atomic E-state index is 5.93. The molecule has 0 saturated carbocycles. The minimum atomic E-state index is 0.181. The summed E-state index contributed by atoms with van der Waals surface area (Å²) in [6.07, 6.45) is 0.905. The first-order valence-corrected chi connectivity index (χ1v) is 11.0. The normalized spacial score (nSPS) is 10.9. The van der Waals surface area contributed by atoms with Crippen LogP contribution >= 0.6 is 11.8 Å². The Kier molecular flexibility index (Phi) is 6.13. The zero-order valence-corrected chi connectivity index (χ0v) is 18.5. The van der Waals surface area contributed by atoms with Crippen LogP contribution in [0, 0.1) is 6.92 Å². The lowest BCUT2D eigenvalue weighted by Crippen LogP contribution is -2.07. The van der Waals surface area contributed by atoms with E-state index in [1.165, 1.54) is 22.9 Å². The van der Waals surface area contributed by atoms with Gasteiger partial charge in [0.05, 0.1) is 5.75 Å². The van der Waals surface area contributed by atoms with Gasteiger partial charge in [-0.05, 0) is 31.0 Å².